The summed E-state index contributed by atoms with van der Waals surface area (Å²) in [6.07, 6.45) is 5.75. The van der Waals surface area contributed by atoms with Crippen LogP contribution in [0.15, 0.2) is 48.7 Å². The van der Waals surface area contributed by atoms with Crippen LogP contribution in [0.2, 0.25) is 0 Å². The maximum Gasteiger partial charge on any atom is 0.325 e. The lowest BCUT2D eigenvalue weighted by Gasteiger charge is -2.23. The minimum absolute atomic E-state index is 0.293. The number of carbonyl (C=O) groups excluding carboxylic acids is 3. The first-order chi connectivity index (χ1) is 15.5. The van der Waals surface area contributed by atoms with Crippen molar-refractivity contribution in [3.05, 3.63) is 70.9 Å². The number of nitrogens with zero attached hydrogens (tertiary/aromatic N) is 1. The van der Waals surface area contributed by atoms with E-state index in [1.807, 2.05) is 48.7 Å². The van der Waals surface area contributed by atoms with Crippen LogP contribution in [0.1, 0.15) is 35.6 Å². The standard InChI is InChI=1S/C25H26N4O3/c1-25(19-10-9-16-5-4-6-17(16)13-19)23(31)29(24(32)28-25)15-22(30)26-12-11-18-14-27-21-8-3-2-7-20(18)21/h2-3,7-10,13-14,27H,4-6,11-12,15H2,1H3,(H,26,30)(H,28,32)/t25-/m1/s1. The minimum atomic E-state index is -1.15. The molecule has 164 valence electrons. The molecular formula is C25H26N4O3. The van der Waals surface area contributed by atoms with E-state index < -0.39 is 17.5 Å². The van der Waals surface area contributed by atoms with Gasteiger partial charge in [-0.05, 0) is 60.9 Å². The summed E-state index contributed by atoms with van der Waals surface area (Å²) in [6, 6.07) is 13.4. The smallest absolute Gasteiger partial charge is 0.325 e. The highest BCUT2D eigenvalue weighted by Crippen LogP contribution is 2.32. The second kappa shape index (κ2) is 7.82. The first kappa shape index (κ1) is 20.3. The number of fused-ring (bicyclic) bond motifs is 2. The quantitative estimate of drug-likeness (QED) is 0.525. The number of para-hydroxylation sites is 1. The highest BCUT2D eigenvalue weighted by atomic mass is 16.2. The molecule has 2 aliphatic rings. The Morgan fingerprint density at radius 2 is 1.94 bits per heavy atom. The summed E-state index contributed by atoms with van der Waals surface area (Å²) >= 11 is 0. The normalized spacial score (nSPS) is 20.0. The van der Waals surface area contributed by atoms with Crippen LogP contribution < -0.4 is 10.6 Å². The van der Waals surface area contributed by atoms with E-state index in [4.69, 9.17) is 0 Å². The second-order valence-electron chi connectivity index (χ2n) is 8.74. The number of carbonyl (C=O) groups is 3. The lowest BCUT2D eigenvalue weighted by atomic mass is 9.89. The van der Waals surface area contributed by atoms with Crippen LogP contribution in [-0.2, 0) is 34.4 Å². The highest BCUT2D eigenvalue weighted by molar-refractivity contribution is 6.09. The van der Waals surface area contributed by atoms with Crippen molar-refractivity contribution in [1.29, 1.82) is 0 Å². The average molecular weight is 431 g/mol. The van der Waals surface area contributed by atoms with Gasteiger partial charge in [0.1, 0.15) is 12.1 Å². The van der Waals surface area contributed by atoms with Gasteiger partial charge in [-0.15, -0.1) is 0 Å². The van der Waals surface area contributed by atoms with Gasteiger partial charge < -0.3 is 15.6 Å². The molecule has 1 aliphatic carbocycles. The van der Waals surface area contributed by atoms with Gasteiger partial charge in [-0.3, -0.25) is 14.5 Å². The zero-order chi connectivity index (χ0) is 22.3. The van der Waals surface area contributed by atoms with Gasteiger partial charge in [-0.25, -0.2) is 4.79 Å². The number of H-pyrrole nitrogens is 1. The minimum Gasteiger partial charge on any atom is -0.361 e. The van der Waals surface area contributed by atoms with Crippen molar-refractivity contribution in [2.75, 3.05) is 13.1 Å². The van der Waals surface area contributed by atoms with Gasteiger partial charge in [0, 0.05) is 23.6 Å². The number of benzene rings is 2. The van der Waals surface area contributed by atoms with Crippen molar-refractivity contribution in [3.8, 4) is 0 Å². The van der Waals surface area contributed by atoms with Crippen LogP contribution in [0, 0.1) is 0 Å². The number of nitrogens with one attached hydrogen (secondary N) is 3. The summed E-state index contributed by atoms with van der Waals surface area (Å²) in [5.41, 5.74) is 4.32. The Hall–Kier alpha value is -3.61. The van der Waals surface area contributed by atoms with Gasteiger partial charge in [0.25, 0.3) is 5.91 Å². The fourth-order valence-electron chi connectivity index (χ4n) is 4.79. The monoisotopic (exact) mass is 430 g/mol. The van der Waals surface area contributed by atoms with Crippen LogP contribution >= 0.6 is 0 Å². The molecule has 2 aromatic carbocycles. The maximum atomic E-state index is 13.1. The van der Waals surface area contributed by atoms with Crippen molar-refractivity contribution in [3.63, 3.8) is 0 Å². The number of hydrogen-bond donors (Lipinski definition) is 3. The molecule has 7 heteroatoms. The summed E-state index contributed by atoms with van der Waals surface area (Å²) in [4.78, 5) is 42.4. The van der Waals surface area contributed by atoms with Gasteiger partial charge in [-0.2, -0.15) is 0 Å². The molecule has 7 nitrogen and oxygen atoms in total. The van der Waals surface area contributed by atoms with Gasteiger partial charge >= 0.3 is 6.03 Å². The molecule has 32 heavy (non-hydrogen) atoms. The predicted molar refractivity (Wildman–Crippen MR) is 121 cm³/mol. The number of aromatic amines is 1. The van der Waals surface area contributed by atoms with E-state index in [0.29, 0.717) is 13.0 Å². The number of rotatable bonds is 6. The summed E-state index contributed by atoms with van der Waals surface area (Å²) in [7, 11) is 0. The Labute approximate surface area is 186 Å². The van der Waals surface area contributed by atoms with E-state index in [1.54, 1.807) is 6.92 Å². The molecule has 0 spiro atoms. The molecule has 1 saturated heterocycles. The van der Waals surface area contributed by atoms with E-state index in [-0.39, 0.29) is 12.5 Å². The number of hydrogen-bond acceptors (Lipinski definition) is 3. The van der Waals surface area contributed by atoms with E-state index in [9.17, 15) is 14.4 Å². The molecule has 0 saturated carbocycles. The number of aryl methyl sites for hydroxylation is 2. The Morgan fingerprint density at radius 1 is 1.12 bits per heavy atom. The molecule has 3 N–H and O–H groups in total. The third-order valence-electron chi connectivity index (χ3n) is 6.64. The molecule has 1 atom stereocenters. The average Bonchev–Trinajstić information content (AvgIpc) is 3.48. The number of urea groups is 1. The molecule has 4 amide bonds. The maximum absolute atomic E-state index is 13.1. The molecule has 0 bridgehead atoms. The zero-order valence-corrected chi connectivity index (χ0v) is 18.0. The number of aromatic nitrogens is 1. The van der Waals surface area contributed by atoms with Crippen molar-refractivity contribution >= 4 is 28.7 Å². The molecule has 1 aliphatic heterocycles. The largest absolute Gasteiger partial charge is 0.361 e. The van der Waals surface area contributed by atoms with Gasteiger partial charge in [0.15, 0.2) is 0 Å². The number of amides is 4. The molecule has 5 rings (SSSR count). The van der Waals surface area contributed by atoms with Crippen LogP contribution in [0.5, 0.6) is 0 Å². The van der Waals surface area contributed by atoms with Crippen molar-refractivity contribution in [1.82, 2.24) is 20.5 Å². The summed E-state index contributed by atoms with van der Waals surface area (Å²) in [5.74, 6) is -0.751. The van der Waals surface area contributed by atoms with Crippen LogP contribution in [0.25, 0.3) is 10.9 Å². The molecule has 2 heterocycles. The summed E-state index contributed by atoms with van der Waals surface area (Å²) < 4.78 is 0. The first-order valence-corrected chi connectivity index (χ1v) is 11.0. The van der Waals surface area contributed by atoms with Crippen LogP contribution in [-0.4, -0.2) is 40.8 Å². The van der Waals surface area contributed by atoms with E-state index >= 15 is 0 Å². The van der Waals surface area contributed by atoms with Gasteiger partial charge in [0.2, 0.25) is 5.91 Å². The topological polar surface area (TPSA) is 94.3 Å². The lowest BCUT2D eigenvalue weighted by molar-refractivity contribution is -0.134. The molecule has 0 radical (unpaired) electrons. The molecular weight excluding hydrogens is 404 g/mol. The van der Waals surface area contributed by atoms with Crippen molar-refractivity contribution < 1.29 is 14.4 Å². The fraction of sp³-hybridized carbons (Fsp3) is 0.320. The Morgan fingerprint density at radius 3 is 2.81 bits per heavy atom. The predicted octanol–water partition coefficient (Wildman–Crippen LogP) is 2.78. The van der Waals surface area contributed by atoms with Gasteiger partial charge in [0.05, 0.1) is 0 Å². The van der Waals surface area contributed by atoms with E-state index in [1.165, 1.54) is 11.1 Å². The lowest BCUT2D eigenvalue weighted by Crippen LogP contribution is -2.43. The highest BCUT2D eigenvalue weighted by Gasteiger charge is 2.49. The third kappa shape index (κ3) is 3.43. The molecule has 1 aromatic heterocycles. The summed E-state index contributed by atoms with van der Waals surface area (Å²) in [5, 5.41) is 6.75. The Balaban J connectivity index is 1.22. The van der Waals surface area contributed by atoms with Gasteiger partial charge in [-0.1, -0.05) is 36.4 Å². The second-order valence-corrected chi connectivity index (χ2v) is 8.74. The van der Waals surface area contributed by atoms with E-state index in [2.05, 4.69) is 15.6 Å². The van der Waals surface area contributed by atoms with Crippen LogP contribution in [0.4, 0.5) is 4.79 Å². The van der Waals surface area contributed by atoms with E-state index in [0.717, 1.165) is 46.2 Å². The molecule has 0 unspecified atom stereocenters. The first-order valence-electron chi connectivity index (χ1n) is 11.0. The van der Waals surface area contributed by atoms with Crippen LogP contribution in [0.3, 0.4) is 0 Å². The molecule has 1 fully saturated rings. The Bertz CT molecular complexity index is 1230. The fourth-order valence-corrected chi connectivity index (χ4v) is 4.79. The SMILES string of the molecule is C[C@]1(c2ccc3c(c2)CCC3)NC(=O)N(CC(=O)NCCc2c[nH]c3ccccc23)C1=O. The third-order valence-corrected chi connectivity index (χ3v) is 6.64. The number of imide groups is 1. The van der Waals surface area contributed by atoms with Crippen molar-refractivity contribution in [2.45, 2.75) is 38.1 Å². The zero-order valence-electron chi connectivity index (χ0n) is 18.0. The molecule has 3 aromatic rings. The summed E-state index contributed by atoms with van der Waals surface area (Å²) in [6.45, 7) is 1.84. The van der Waals surface area contributed by atoms with Crippen molar-refractivity contribution in [2.24, 2.45) is 0 Å². The Kier molecular flexibility index (Phi) is 4.96.